The van der Waals surface area contributed by atoms with Crippen LogP contribution in [0.1, 0.15) is 5.89 Å². The number of hydrogen-bond donors (Lipinski definition) is 1. The number of hydrogen-bond acceptors (Lipinski definition) is 7. The Morgan fingerprint density at radius 3 is 2.71 bits per heavy atom. The van der Waals surface area contributed by atoms with Crippen molar-refractivity contribution in [3.63, 3.8) is 0 Å². The zero-order valence-corrected chi connectivity index (χ0v) is 12.4. The minimum Gasteiger partial charge on any atom is -0.478 e. The minimum absolute atomic E-state index is 0.00377. The Kier molecular flexibility index (Phi) is 4.28. The van der Waals surface area contributed by atoms with Crippen LogP contribution in [0.25, 0.3) is 11.4 Å². The van der Waals surface area contributed by atoms with Crippen LogP contribution in [0.2, 0.25) is 0 Å². The maximum atomic E-state index is 10.8. The van der Waals surface area contributed by atoms with Crippen LogP contribution in [0.15, 0.2) is 59.5 Å². The van der Waals surface area contributed by atoms with E-state index in [1.807, 2.05) is 0 Å². The summed E-state index contributed by atoms with van der Waals surface area (Å²) in [5.41, 5.74) is 0.690. The van der Waals surface area contributed by atoms with Crippen LogP contribution in [-0.4, -0.2) is 31.2 Å². The first-order chi connectivity index (χ1) is 11.6. The lowest BCUT2D eigenvalue weighted by Crippen LogP contribution is -2.02. The molecule has 1 aromatic carbocycles. The van der Waals surface area contributed by atoms with E-state index >= 15 is 0 Å². The summed E-state index contributed by atoms with van der Waals surface area (Å²) in [7, 11) is 0. The predicted octanol–water partition coefficient (Wildman–Crippen LogP) is 2.50. The largest absolute Gasteiger partial charge is 0.478 e. The summed E-state index contributed by atoms with van der Waals surface area (Å²) in [5, 5.41) is 12.6. The van der Waals surface area contributed by atoms with E-state index in [2.05, 4.69) is 26.7 Å². The monoisotopic (exact) mass is 324 g/mol. The number of ether oxygens (including phenoxy) is 1. The highest BCUT2D eigenvalue weighted by atomic mass is 16.5. The fourth-order valence-electron chi connectivity index (χ4n) is 1.83. The van der Waals surface area contributed by atoms with Gasteiger partial charge in [-0.1, -0.05) is 11.7 Å². The summed E-state index contributed by atoms with van der Waals surface area (Å²) >= 11 is 0. The van der Waals surface area contributed by atoms with E-state index in [-0.39, 0.29) is 17.9 Å². The van der Waals surface area contributed by atoms with Crippen LogP contribution in [-0.2, 0) is 11.2 Å². The summed E-state index contributed by atoms with van der Waals surface area (Å²) in [6.45, 7) is 3.43. The average Bonchev–Trinajstić information content (AvgIpc) is 3.05. The van der Waals surface area contributed by atoms with Gasteiger partial charge in [0.2, 0.25) is 17.6 Å². The van der Waals surface area contributed by atoms with E-state index in [1.54, 1.807) is 30.5 Å². The Hall–Kier alpha value is -3.55. The van der Waals surface area contributed by atoms with Crippen LogP contribution in [0.5, 0.6) is 11.6 Å². The van der Waals surface area contributed by atoms with Crippen LogP contribution in [0, 0.1) is 0 Å². The van der Waals surface area contributed by atoms with Gasteiger partial charge < -0.3 is 14.4 Å². The molecule has 0 saturated carbocycles. The molecule has 0 spiro atoms. The molecule has 3 aromatic rings. The molecule has 2 heterocycles. The second-order valence-corrected chi connectivity index (χ2v) is 4.77. The number of nitrogens with zero attached hydrogens (tertiary/aromatic N) is 4. The van der Waals surface area contributed by atoms with Crippen molar-refractivity contribution in [3.05, 3.63) is 60.9 Å². The van der Waals surface area contributed by atoms with Crippen molar-refractivity contribution in [2.24, 2.45) is 0 Å². The lowest BCUT2D eigenvalue weighted by molar-refractivity contribution is -0.132. The molecule has 0 unspecified atom stereocenters. The third-order valence-corrected chi connectivity index (χ3v) is 3.01. The van der Waals surface area contributed by atoms with Gasteiger partial charge in [-0.3, -0.25) is 4.98 Å². The van der Waals surface area contributed by atoms with Crippen molar-refractivity contribution in [2.75, 3.05) is 0 Å². The smallest absolute Gasteiger partial charge is 0.331 e. The SMILES string of the molecule is C=C(Cc1nc(-c2ccc(Oc3cnccn3)cc2)no1)C(=O)O. The summed E-state index contributed by atoms with van der Waals surface area (Å²) in [5.74, 6) is 0.424. The topological polar surface area (TPSA) is 111 Å². The maximum absolute atomic E-state index is 10.8. The minimum atomic E-state index is -1.10. The Balaban J connectivity index is 1.71. The van der Waals surface area contributed by atoms with Crippen molar-refractivity contribution in [1.29, 1.82) is 0 Å². The molecule has 2 aromatic heterocycles. The molecule has 1 N–H and O–H groups in total. The Morgan fingerprint density at radius 1 is 1.25 bits per heavy atom. The van der Waals surface area contributed by atoms with Crippen molar-refractivity contribution in [2.45, 2.75) is 6.42 Å². The molecular weight excluding hydrogens is 312 g/mol. The lowest BCUT2D eigenvalue weighted by atomic mass is 10.2. The van der Waals surface area contributed by atoms with Crippen LogP contribution in [0.3, 0.4) is 0 Å². The molecule has 8 heteroatoms. The van der Waals surface area contributed by atoms with E-state index in [9.17, 15) is 4.79 Å². The summed E-state index contributed by atoms with van der Waals surface area (Å²) < 4.78 is 10.6. The van der Waals surface area contributed by atoms with E-state index in [0.29, 0.717) is 23.0 Å². The highest BCUT2D eigenvalue weighted by Gasteiger charge is 2.13. The standard InChI is InChI=1S/C16H12N4O4/c1-10(16(21)22)8-13-19-15(20-24-13)11-2-4-12(5-3-11)23-14-9-17-6-7-18-14/h2-7,9H,1,8H2,(H,21,22). The maximum Gasteiger partial charge on any atom is 0.331 e. The van der Waals surface area contributed by atoms with E-state index in [4.69, 9.17) is 14.4 Å². The van der Waals surface area contributed by atoms with Gasteiger partial charge in [0.05, 0.1) is 12.6 Å². The first-order valence-electron chi connectivity index (χ1n) is 6.90. The summed E-state index contributed by atoms with van der Waals surface area (Å²) in [6, 6.07) is 6.98. The fraction of sp³-hybridized carbons (Fsp3) is 0.0625. The Labute approximate surface area is 136 Å². The average molecular weight is 324 g/mol. The van der Waals surface area contributed by atoms with Crippen molar-refractivity contribution >= 4 is 5.97 Å². The van der Waals surface area contributed by atoms with Crippen LogP contribution >= 0.6 is 0 Å². The molecule has 8 nitrogen and oxygen atoms in total. The molecule has 0 atom stereocenters. The van der Waals surface area contributed by atoms with E-state index in [0.717, 1.165) is 0 Å². The Bertz CT molecular complexity index is 859. The number of benzene rings is 1. The molecule has 0 amide bonds. The third-order valence-electron chi connectivity index (χ3n) is 3.01. The van der Waals surface area contributed by atoms with Gasteiger partial charge in [0.1, 0.15) is 5.75 Å². The first-order valence-corrected chi connectivity index (χ1v) is 6.90. The van der Waals surface area contributed by atoms with Crippen LogP contribution in [0.4, 0.5) is 0 Å². The second-order valence-electron chi connectivity index (χ2n) is 4.77. The number of carboxylic acid groups (broad SMARTS) is 1. The molecule has 0 saturated heterocycles. The second kappa shape index (κ2) is 6.69. The van der Waals surface area contributed by atoms with Gasteiger partial charge in [0, 0.05) is 23.5 Å². The van der Waals surface area contributed by atoms with Crippen LogP contribution < -0.4 is 4.74 Å². The number of carbonyl (C=O) groups is 1. The van der Waals surface area contributed by atoms with Gasteiger partial charge in [-0.05, 0) is 24.3 Å². The molecule has 120 valence electrons. The molecule has 3 rings (SSSR count). The predicted molar refractivity (Wildman–Crippen MR) is 82.3 cm³/mol. The molecule has 0 fully saturated rings. The van der Waals surface area contributed by atoms with E-state index in [1.165, 1.54) is 12.4 Å². The molecule has 0 aliphatic heterocycles. The summed E-state index contributed by atoms with van der Waals surface area (Å²) in [4.78, 5) is 22.8. The molecular formula is C16H12N4O4. The normalized spacial score (nSPS) is 10.3. The van der Waals surface area contributed by atoms with Gasteiger partial charge in [-0.25, -0.2) is 9.78 Å². The van der Waals surface area contributed by atoms with Gasteiger partial charge in [0.25, 0.3) is 0 Å². The number of aromatic nitrogens is 4. The third kappa shape index (κ3) is 3.61. The van der Waals surface area contributed by atoms with Gasteiger partial charge in [-0.2, -0.15) is 4.98 Å². The highest BCUT2D eigenvalue weighted by Crippen LogP contribution is 2.23. The van der Waals surface area contributed by atoms with Crippen molar-refractivity contribution in [3.8, 4) is 23.0 Å². The first kappa shape index (κ1) is 15.3. The zero-order chi connectivity index (χ0) is 16.9. The van der Waals surface area contributed by atoms with E-state index < -0.39 is 5.97 Å². The van der Waals surface area contributed by atoms with Crippen molar-refractivity contribution < 1.29 is 19.2 Å². The van der Waals surface area contributed by atoms with Gasteiger partial charge in [-0.15, -0.1) is 0 Å². The van der Waals surface area contributed by atoms with Gasteiger partial charge in [0.15, 0.2) is 0 Å². The molecule has 0 bridgehead atoms. The summed E-state index contributed by atoms with van der Waals surface area (Å²) in [6.07, 6.45) is 4.60. The number of aliphatic carboxylic acids is 1. The number of rotatable bonds is 6. The molecule has 24 heavy (non-hydrogen) atoms. The quantitative estimate of drug-likeness (QED) is 0.688. The molecule has 0 aliphatic carbocycles. The fourth-order valence-corrected chi connectivity index (χ4v) is 1.83. The lowest BCUT2D eigenvalue weighted by Gasteiger charge is -2.03. The molecule has 0 aliphatic rings. The zero-order valence-electron chi connectivity index (χ0n) is 12.4. The van der Waals surface area contributed by atoms with Crippen molar-refractivity contribution in [1.82, 2.24) is 20.1 Å². The number of carboxylic acids is 1. The Morgan fingerprint density at radius 2 is 2.04 bits per heavy atom. The molecule has 0 radical (unpaired) electrons. The highest BCUT2D eigenvalue weighted by molar-refractivity contribution is 5.86. The van der Waals surface area contributed by atoms with Gasteiger partial charge >= 0.3 is 5.97 Å².